The molecule has 4 rings (SSSR count). The minimum Gasteiger partial charge on any atom is -0.496 e. The van der Waals surface area contributed by atoms with Crippen molar-refractivity contribution >= 4 is 11.5 Å². The lowest BCUT2D eigenvalue weighted by atomic mass is 9.93. The summed E-state index contributed by atoms with van der Waals surface area (Å²) in [6, 6.07) is 5.74. The maximum absolute atomic E-state index is 12.7. The summed E-state index contributed by atoms with van der Waals surface area (Å²) in [5.41, 5.74) is 5.03. The number of hydrogen-bond acceptors (Lipinski definition) is 4. The normalized spacial score (nSPS) is 18.4. The van der Waals surface area contributed by atoms with Crippen LogP contribution in [-0.4, -0.2) is 49.0 Å². The summed E-state index contributed by atoms with van der Waals surface area (Å²) < 4.78 is 5.63. The Labute approximate surface area is 160 Å². The fraction of sp³-hybridized carbons (Fsp3) is 0.318. The molecule has 0 spiro atoms. The molecule has 3 heterocycles. The number of carbonyl (C=O) groups is 1. The molecule has 0 radical (unpaired) electrons. The van der Waals surface area contributed by atoms with E-state index < -0.39 is 0 Å². The van der Waals surface area contributed by atoms with Gasteiger partial charge in [-0.15, -0.1) is 0 Å². The Morgan fingerprint density at radius 1 is 1.26 bits per heavy atom. The topological polar surface area (TPSA) is 44.8 Å². The highest BCUT2D eigenvalue weighted by Crippen LogP contribution is 2.38. The molecule has 0 bridgehead atoms. The van der Waals surface area contributed by atoms with Gasteiger partial charge < -0.3 is 19.9 Å². The molecule has 5 nitrogen and oxygen atoms in total. The van der Waals surface area contributed by atoms with Crippen LogP contribution in [0.15, 0.2) is 60.1 Å². The van der Waals surface area contributed by atoms with Gasteiger partial charge in [-0.3, -0.25) is 4.79 Å². The third-order valence-corrected chi connectivity index (χ3v) is 5.20. The number of allylic oxidation sites excluding steroid dienone is 2. The molecule has 140 valence electrons. The van der Waals surface area contributed by atoms with Crippen LogP contribution in [0.3, 0.4) is 0 Å². The number of methoxy groups -OCH3 is 1. The molecule has 5 heteroatoms. The third-order valence-electron chi connectivity index (χ3n) is 5.20. The van der Waals surface area contributed by atoms with Crippen LogP contribution in [0.5, 0.6) is 5.75 Å². The van der Waals surface area contributed by atoms with Gasteiger partial charge in [0, 0.05) is 60.9 Å². The highest BCUT2D eigenvalue weighted by molar-refractivity contribution is 5.97. The fourth-order valence-electron chi connectivity index (χ4n) is 3.58. The Hall–Kier alpha value is -2.95. The Kier molecular flexibility index (Phi) is 4.75. The third kappa shape index (κ3) is 3.25. The molecule has 1 amide bonds. The average molecular weight is 363 g/mol. The number of fused-ring (bicyclic) bond motifs is 1. The minimum absolute atomic E-state index is 0.0987. The quantitative estimate of drug-likeness (QED) is 0.817. The van der Waals surface area contributed by atoms with Gasteiger partial charge in [0.25, 0.3) is 5.91 Å². The minimum atomic E-state index is 0.0987. The van der Waals surface area contributed by atoms with Crippen molar-refractivity contribution in [2.24, 2.45) is 0 Å². The van der Waals surface area contributed by atoms with Gasteiger partial charge in [-0.2, -0.15) is 0 Å². The number of ether oxygens (including phenoxy) is 1. The van der Waals surface area contributed by atoms with Gasteiger partial charge >= 0.3 is 0 Å². The van der Waals surface area contributed by atoms with E-state index in [0.29, 0.717) is 5.56 Å². The van der Waals surface area contributed by atoms with Crippen molar-refractivity contribution in [3.8, 4) is 5.75 Å². The van der Waals surface area contributed by atoms with E-state index in [0.717, 1.165) is 55.2 Å². The molecular weight excluding hydrogens is 338 g/mol. The Bertz CT molecular complexity index is 876. The van der Waals surface area contributed by atoms with Gasteiger partial charge in [-0.1, -0.05) is 18.2 Å². The van der Waals surface area contributed by atoms with E-state index in [1.165, 1.54) is 5.57 Å². The van der Waals surface area contributed by atoms with Crippen LogP contribution in [0.25, 0.3) is 5.57 Å². The number of rotatable bonds is 5. The first kappa shape index (κ1) is 17.5. The Balaban J connectivity index is 1.75. The van der Waals surface area contributed by atoms with Gasteiger partial charge in [-0.05, 0) is 31.5 Å². The van der Waals surface area contributed by atoms with Crippen molar-refractivity contribution in [3.63, 3.8) is 0 Å². The van der Waals surface area contributed by atoms with Crippen molar-refractivity contribution < 1.29 is 9.53 Å². The Morgan fingerprint density at radius 3 is 2.81 bits per heavy atom. The van der Waals surface area contributed by atoms with E-state index in [1.54, 1.807) is 7.11 Å². The highest BCUT2D eigenvalue weighted by atomic mass is 16.5. The SMILES string of the molecule is C/C=C/CN1C=C2NCC=C2C(c2cc(C(=O)N3CCC3)ccc2OC)=C1. The molecule has 1 aromatic carbocycles. The molecule has 0 unspecified atom stereocenters. The van der Waals surface area contributed by atoms with E-state index in [1.807, 2.05) is 36.1 Å². The summed E-state index contributed by atoms with van der Waals surface area (Å²) >= 11 is 0. The molecule has 1 saturated heterocycles. The first-order valence-electron chi connectivity index (χ1n) is 9.44. The molecule has 3 aliphatic rings. The van der Waals surface area contributed by atoms with Crippen molar-refractivity contribution in [1.29, 1.82) is 0 Å². The van der Waals surface area contributed by atoms with Crippen LogP contribution in [0.4, 0.5) is 0 Å². The Morgan fingerprint density at radius 2 is 2.11 bits per heavy atom. The van der Waals surface area contributed by atoms with Gasteiger partial charge in [0.1, 0.15) is 5.75 Å². The molecule has 0 saturated carbocycles. The van der Waals surface area contributed by atoms with Crippen molar-refractivity contribution in [1.82, 2.24) is 15.1 Å². The predicted molar refractivity (Wildman–Crippen MR) is 107 cm³/mol. The standard InChI is InChI=1S/C22H25N3O2/c1-3-4-10-24-14-19(17-8-9-23-20(17)15-24)18-13-16(6-7-21(18)27-2)22(26)25-11-5-12-25/h3-4,6-8,13-15,23H,5,9-12H2,1-2H3/b4-3+. The molecule has 27 heavy (non-hydrogen) atoms. The summed E-state index contributed by atoms with van der Waals surface area (Å²) in [4.78, 5) is 16.7. The van der Waals surface area contributed by atoms with Gasteiger partial charge in [0.05, 0.1) is 12.8 Å². The van der Waals surface area contributed by atoms with Gasteiger partial charge in [-0.25, -0.2) is 0 Å². The zero-order chi connectivity index (χ0) is 18.8. The lowest BCUT2D eigenvalue weighted by Gasteiger charge is -2.31. The van der Waals surface area contributed by atoms with Crippen molar-refractivity contribution in [2.45, 2.75) is 13.3 Å². The molecule has 1 N–H and O–H groups in total. The number of nitrogens with zero attached hydrogens (tertiary/aromatic N) is 2. The van der Waals surface area contributed by atoms with Crippen LogP contribution in [0, 0.1) is 0 Å². The number of hydrogen-bond donors (Lipinski definition) is 1. The van der Waals surface area contributed by atoms with Crippen molar-refractivity contribution in [3.05, 3.63) is 71.2 Å². The molecule has 1 fully saturated rings. The van der Waals surface area contributed by atoms with Gasteiger partial charge in [0.2, 0.25) is 0 Å². The second kappa shape index (κ2) is 7.35. The molecule has 1 aromatic rings. The molecule has 0 atom stereocenters. The fourth-order valence-corrected chi connectivity index (χ4v) is 3.58. The van der Waals surface area contributed by atoms with Gasteiger partial charge in [0.15, 0.2) is 0 Å². The summed E-state index contributed by atoms with van der Waals surface area (Å²) in [6.07, 6.45) is 11.7. The number of carbonyl (C=O) groups excluding carboxylic acids is 1. The zero-order valence-electron chi connectivity index (χ0n) is 15.9. The lowest BCUT2D eigenvalue weighted by molar-refractivity contribution is 0.0652. The summed E-state index contributed by atoms with van der Waals surface area (Å²) in [6.45, 7) is 5.33. The largest absolute Gasteiger partial charge is 0.496 e. The van der Waals surface area contributed by atoms with E-state index in [2.05, 4.69) is 34.8 Å². The highest BCUT2D eigenvalue weighted by Gasteiger charge is 2.27. The predicted octanol–water partition coefficient (Wildman–Crippen LogP) is 3.14. The number of amides is 1. The summed E-state index contributed by atoms with van der Waals surface area (Å²) in [7, 11) is 1.68. The van der Waals surface area contributed by atoms with Crippen LogP contribution in [0.2, 0.25) is 0 Å². The van der Waals surface area contributed by atoms with Crippen LogP contribution >= 0.6 is 0 Å². The average Bonchev–Trinajstić information content (AvgIpc) is 3.12. The number of nitrogens with one attached hydrogen (secondary N) is 1. The first-order valence-corrected chi connectivity index (χ1v) is 9.44. The van der Waals surface area contributed by atoms with Crippen molar-refractivity contribution in [2.75, 3.05) is 33.3 Å². The van der Waals surface area contributed by atoms with E-state index >= 15 is 0 Å². The molecule has 0 aliphatic carbocycles. The maximum Gasteiger partial charge on any atom is 0.253 e. The van der Waals surface area contributed by atoms with Crippen LogP contribution in [-0.2, 0) is 0 Å². The van der Waals surface area contributed by atoms with E-state index in [4.69, 9.17) is 4.74 Å². The van der Waals surface area contributed by atoms with E-state index in [9.17, 15) is 4.79 Å². The second-order valence-corrected chi connectivity index (χ2v) is 6.91. The maximum atomic E-state index is 12.7. The monoisotopic (exact) mass is 363 g/mol. The first-order chi connectivity index (χ1) is 13.2. The number of likely N-dealkylation sites (tertiary alicyclic amines) is 1. The smallest absolute Gasteiger partial charge is 0.253 e. The molecule has 3 aliphatic heterocycles. The molecule has 0 aromatic heterocycles. The second-order valence-electron chi connectivity index (χ2n) is 6.91. The molecular formula is C22H25N3O2. The van der Waals surface area contributed by atoms with E-state index in [-0.39, 0.29) is 5.91 Å². The van der Waals surface area contributed by atoms with Crippen LogP contribution in [0.1, 0.15) is 29.3 Å². The van der Waals surface area contributed by atoms with Crippen LogP contribution < -0.4 is 10.1 Å². The summed E-state index contributed by atoms with van der Waals surface area (Å²) in [5.74, 6) is 0.878. The summed E-state index contributed by atoms with van der Waals surface area (Å²) in [5, 5.41) is 3.42. The number of benzene rings is 1. The lowest BCUT2D eigenvalue weighted by Crippen LogP contribution is -2.42. The zero-order valence-corrected chi connectivity index (χ0v) is 15.9.